The number of H-pyrrole nitrogens is 1. The van der Waals surface area contributed by atoms with E-state index in [1.165, 1.54) is 0 Å². The number of fused-ring (bicyclic) bond motifs is 1. The largest absolute Gasteiger partial charge is 0.497 e. The Morgan fingerprint density at radius 1 is 1.46 bits per heavy atom. The second-order valence-electron chi connectivity index (χ2n) is 2.52. The van der Waals surface area contributed by atoms with Crippen molar-refractivity contribution < 1.29 is 4.74 Å². The minimum absolute atomic E-state index is 0.243. The Kier molecular flexibility index (Phi) is 1.70. The number of aromatic amines is 1. The van der Waals surface area contributed by atoms with Crippen LogP contribution in [0.3, 0.4) is 0 Å². The van der Waals surface area contributed by atoms with Crippen molar-refractivity contribution in [2.24, 2.45) is 0 Å². The summed E-state index contributed by atoms with van der Waals surface area (Å²) < 4.78 is 4.98. The fraction of sp³-hybridized carbons (Fsp3) is 0.125. The lowest BCUT2D eigenvalue weighted by molar-refractivity contribution is 0.415. The van der Waals surface area contributed by atoms with Gasteiger partial charge in [0.2, 0.25) is 0 Å². The van der Waals surface area contributed by atoms with Gasteiger partial charge in [0.05, 0.1) is 12.5 Å². The highest BCUT2D eigenvalue weighted by atomic mass is 16.5. The summed E-state index contributed by atoms with van der Waals surface area (Å²) in [5.41, 5.74) is 0.288. The standard InChI is InChI=1S/C8H7N3O2/c1-13-5-2-3-6-7(4-5)9-11-10-8(6)12/h2-4H,1H3,(H,9,10,12). The molecule has 0 spiro atoms. The summed E-state index contributed by atoms with van der Waals surface area (Å²) in [7, 11) is 1.56. The molecule has 66 valence electrons. The average molecular weight is 177 g/mol. The molecule has 0 fully saturated rings. The van der Waals surface area contributed by atoms with Crippen LogP contribution in [0.15, 0.2) is 23.0 Å². The number of methoxy groups -OCH3 is 1. The van der Waals surface area contributed by atoms with Crippen LogP contribution in [0.5, 0.6) is 5.75 Å². The van der Waals surface area contributed by atoms with Gasteiger partial charge in [-0.3, -0.25) is 4.79 Å². The van der Waals surface area contributed by atoms with E-state index in [-0.39, 0.29) is 5.56 Å². The van der Waals surface area contributed by atoms with Crippen molar-refractivity contribution in [1.82, 2.24) is 15.4 Å². The molecule has 13 heavy (non-hydrogen) atoms. The topological polar surface area (TPSA) is 67.9 Å². The lowest BCUT2D eigenvalue weighted by atomic mass is 10.2. The molecule has 2 aromatic rings. The first-order valence-corrected chi connectivity index (χ1v) is 3.70. The maximum absolute atomic E-state index is 11.2. The van der Waals surface area contributed by atoms with Gasteiger partial charge in [0, 0.05) is 6.07 Å². The first-order chi connectivity index (χ1) is 6.31. The molecular weight excluding hydrogens is 170 g/mol. The molecule has 5 heteroatoms. The zero-order valence-electron chi connectivity index (χ0n) is 6.94. The number of aromatic nitrogens is 3. The van der Waals surface area contributed by atoms with Gasteiger partial charge in [-0.2, -0.15) is 0 Å². The maximum atomic E-state index is 11.2. The van der Waals surface area contributed by atoms with E-state index < -0.39 is 0 Å². The van der Waals surface area contributed by atoms with Crippen LogP contribution in [0, 0.1) is 0 Å². The first-order valence-electron chi connectivity index (χ1n) is 3.70. The van der Waals surface area contributed by atoms with Gasteiger partial charge in [-0.15, -0.1) is 5.10 Å². The van der Waals surface area contributed by atoms with E-state index in [4.69, 9.17) is 4.74 Å². The molecule has 1 N–H and O–H groups in total. The van der Waals surface area contributed by atoms with Crippen molar-refractivity contribution in [1.29, 1.82) is 0 Å². The highest BCUT2D eigenvalue weighted by Gasteiger charge is 2.00. The lowest BCUT2D eigenvalue weighted by Gasteiger charge is -1.98. The van der Waals surface area contributed by atoms with Crippen LogP contribution in [0.1, 0.15) is 0 Å². The van der Waals surface area contributed by atoms with Gasteiger partial charge in [-0.25, -0.2) is 5.10 Å². The number of hydrogen-bond donors (Lipinski definition) is 1. The van der Waals surface area contributed by atoms with Crippen LogP contribution in [-0.4, -0.2) is 22.5 Å². The molecule has 0 unspecified atom stereocenters. The van der Waals surface area contributed by atoms with Crippen LogP contribution in [0.4, 0.5) is 0 Å². The van der Waals surface area contributed by atoms with Crippen LogP contribution in [-0.2, 0) is 0 Å². The first kappa shape index (κ1) is 7.72. The predicted octanol–water partition coefficient (Wildman–Crippen LogP) is 0.327. The van der Waals surface area contributed by atoms with E-state index in [9.17, 15) is 4.79 Å². The van der Waals surface area contributed by atoms with Crippen molar-refractivity contribution in [2.75, 3.05) is 7.11 Å². The van der Waals surface area contributed by atoms with Gasteiger partial charge in [-0.1, -0.05) is 5.21 Å². The van der Waals surface area contributed by atoms with Gasteiger partial charge in [-0.05, 0) is 12.1 Å². The Hall–Kier alpha value is -1.91. The maximum Gasteiger partial charge on any atom is 0.275 e. The molecule has 0 bridgehead atoms. The van der Waals surface area contributed by atoms with Crippen molar-refractivity contribution in [2.45, 2.75) is 0 Å². The fourth-order valence-electron chi connectivity index (χ4n) is 1.10. The van der Waals surface area contributed by atoms with Gasteiger partial charge in [0.15, 0.2) is 0 Å². The minimum atomic E-state index is -0.243. The Morgan fingerprint density at radius 3 is 3.08 bits per heavy atom. The normalized spacial score (nSPS) is 10.2. The number of rotatable bonds is 1. The molecule has 0 aliphatic heterocycles. The van der Waals surface area contributed by atoms with Gasteiger partial charge >= 0.3 is 0 Å². The van der Waals surface area contributed by atoms with Gasteiger partial charge < -0.3 is 4.74 Å². The SMILES string of the molecule is COc1ccc2c(=O)[nH]nnc2c1. The summed E-state index contributed by atoms with van der Waals surface area (Å²) in [6, 6.07) is 5.03. The summed E-state index contributed by atoms with van der Waals surface area (Å²) in [4.78, 5) is 11.2. The fourth-order valence-corrected chi connectivity index (χ4v) is 1.10. The number of benzene rings is 1. The quantitative estimate of drug-likeness (QED) is 0.681. The third kappa shape index (κ3) is 1.24. The van der Waals surface area contributed by atoms with E-state index in [0.29, 0.717) is 16.7 Å². The van der Waals surface area contributed by atoms with E-state index in [1.54, 1.807) is 25.3 Å². The van der Waals surface area contributed by atoms with Crippen molar-refractivity contribution >= 4 is 10.9 Å². The summed E-state index contributed by atoms with van der Waals surface area (Å²) in [5.74, 6) is 0.660. The van der Waals surface area contributed by atoms with Crippen LogP contribution in [0.2, 0.25) is 0 Å². The molecule has 1 aromatic carbocycles. The third-order valence-electron chi connectivity index (χ3n) is 1.76. The molecule has 1 aromatic heterocycles. The van der Waals surface area contributed by atoms with Crippen LogP contribution in [0.25, 0.3) is 10.9 Å². The lowest BCUT2D eigenvalue weighted by Crippen LogP contribution is -2.09. The van der Waals surface area contributed by atoms with E-state index >= 15 is 0 Å². The number of ether oxygens (including phenoxy) is 1. The minimum Gasteiger partial charge on any atom is -0.497 e. The molecule has 0 saturated heterocycles. The highest BCUT2D eigenvalue weighted by molar-refractivity contribution is 5.78. The van der Waals surface area contributed by atoms with Gasteiger partial charge in [0.1, 0.15) is 11.3 Å². The summed E-state index contributed by atoms with van der Waals surface area (Å²) in [5, 5.41) is 9.97. The Bertz CT molecular complexity index is 492. The predicted molar refractivity (Wildman–Crippen MR) is 46.7 cm³/mol. The molecule has 2 rings (SSSR count). The van der Waals surface area contributed by atoms with E-state index in [0.717, 1.165) is 0 Å². The Balaban J connectivity index is 2.80. The molecular formula is C8H7N3O2. The second kappa shape index (κ2) is 2.85. The molecule has 0 amide bonds. The number of nitrogens with one attached hydrogen (secondary N) is 1. The zero-order valence-corrected chi connectivity index (χ0v) is 6.94. The molecule has 5 nitrogen and oxygen atoms in total. The third-order valence-corrected chi connectivity index (χ3v) is 1.76. The van der Waals surface area contributed by atoms with E-state index in [1.807, 2.05) is 0 Å². The zero-order chi connectivity index (χ0) is 9.26. The van der Waals surface area contributed by atoms with Crippen LogP contribution >= 0.6 is 0 Å². The molecule has 0 aliphatic rings. The molecule has 0 atom stereocenters. The van der Waals surface area contributed by atoms with Crippen molar-refractivity contribution in [3.8, 4) is 5.75 Å². The molecule has 1 heterocycles. The Morgan fingerprint density at radius 2 is 2.31 bits per heavy atom. The summed E-state index contributed by atoms with van der Waals surface area (Å²) in [6.07, 6.45) is 0. The Labute approximate surface area is 73.3 Å². The van der Waals surface area contributed by atoms with Crippen molar-refractivity contribution in [3.05, 3.63) is 28.6 Å². The highest BCUT2D eigenvalue weighted by Crippen LogP contribution is 2.14. The smallest absolute Gasteiger partial charge is 0.275 e. The summed E-state index contributed by atoms with van der Waals surface area (Å²) >= 11 is 0. The van der Waals surface area contributed by atoms with E-state index in [2.05, 4.69) is 15.4 Å². The molecule has 0 radical (unpaired) electrons. The summed E-state index contributed by atoms with van der Waals surface area (Å²) in [6.45, 7) is 0. The second-order valence-corrected chi connectivity index (χ2v) is 2.52. The van der Waals surface area contributed by atoms with Gasteiger partial charge in [0.25, 0.3) is 5.56 Å². The van der Waals surface area contributed by atoms with Crippen molar-refractivity contribution in [3.63, 3.8) is 0 Å². The average Bonchev–Trinajstić information content (AvgIpc) is 2.18. The monoisotopic (exact) mass is 177 g/mol. The molecule has 0 saturated carbocycles. The number of hydrogen-bond acceptors (Lipinski definition) is 4. The number of nitrogens with zero attached hydrogens (tertiary/aromatic N) is 2. The van der Waals surface area contributed by atoms with Crippen LogP contribution < -0.4 is 10.3 Å². The molecule has 0 aliphatic carbocycles.